The molecule has 0 aliphatic heterocycles. The Balaban J connectivity index is 1.55. The molecule has 1 aliphatic carbocycles. The monoisotopic (exact) mass is 482 g/mol. The second-order valence-electron chi connectivity index (χ2n) is 9.04. The van der Waals surface area contributed by atoms with E-state index in [1.54, 1.807) is 6.07 Å². The molecule has 0 unspecified atom stereocenters. The number of alkyl halides is 3. The van der Waals surface area contributed by atoms with Crippen molar-refractivity contribution >= 4 is 11.7 Å². The number of benzene rings is 3. The summed E-state index contributed by atoms with van der Waals surface area (Å²) in [4.78, 5) is 13.0. The van der Waals surface area contributed by atoms with Gasteiger partial charge in [-0.1, -0.05) is 49.2 Å². The summed E-state index contributed by atoms with van der Waals surface area (Å²) in [5.41, 5.74) is 3.81. The third kappa shape index (κ3) is 6.78. The van der Waals surface area contributed by atoms with E-state index in [1.165, 1.54) is 25.0 Å². The predicted molar refractivity (Wildman–Crippen MR) is 127 cm³/mol. The minimum atomic E-state index is -4.36. The van der Waals surface area contributed by atoms with Crippen molar-refractivity contribution < 1.29 is 27.8 Å². The van der Waals surface area contributed by atoms with Crippen LogP contribution < -0.4 is 14.7 Å². The molecule has 184 valence electrons. The van der Waals surface area contributed by atoms with E-state index in [-0.39, 0.29) is 0 Å². The molecule has 0 amide bonds. The first kappa shape index (κ1) is 24.6. The van der Waals surface area contributed by atoms with E-state index in [0.29, 0.717) is 12.3 Å². The van der Waals surface area contributed by atoms with Crippen molar-refractivity contribution in [1.82, 2.24) is 0 Å². The van der Waals surface area contributed by atoms with Crippen molar-refractivity contribution in [2.75, 3.05) is 18.1 Å². The van der Waals surface area contributed by atoms with Crippen LogP contribution in [0.4, 0.5) is 18.9 Å². The van der Waals surface area contributed by atoms with Gasteiger partial charge in [-0.25, -0.2) is 0 Å². The first-order chi connectivity index (χ1) is 16.7. The van der Waals surface area contributed by atoms with E-state index in [9.17, 15) is 23.1 Å². The van der Waals surface area contributed by atoms with Gasteiger partial charge in [-0.05, 0) is 71.8 Å². The summed E-state index contributed by atoms with van der Waals surface area (Å²) in [7, 11) is 0. The number of aliphatic carboxylic acids is 1. The van der Waals surface area contributed by atoms with E-state index < -0.39 is 24.3 Å². The molecule has 1 saturated carbocycles. The number of hydrogen-bond acceptors (Lipinski definition) is 4. The molecule has 0 radical (unpaired) electrons. The maximum absolute atomic E-state index is 12.9. The molecule has 0 aromatic heterocycles. The number of aryl methyl sites for hydroxylation is 1. The quantitative estimate of drug-likeness (QED) is 0.377. The number of carbonyl (C=O) groups excluding carboxylic acids is 1. The highest BCUT2D eigenvalue weighted by Gasteiger charge is 2.30. The summed E-state index contributed by atoms with van der Waals surface area (Å²) >= 11 is 0. The normalized spacial score (nSPS) is 13.5. The first-order valence-corrected chi connectivity index (χ1v) is 11.6. The minimum Gasteiger partial charge on any atom is -0.546 e. The third-order valence-electron chi connectivity index (χ3n) is 6.22. The van der Waals surface area contributed by atoms with Crippen LogP contribution in [-0.4, -0.2) is 19.1 Å². The van der Waals surface area contributed by atoms with Gasteiger partial charge in [0.15, 0.2) is 0 Å². The van der Waals surface area contributed by atoms with E-state index in [2.05, 4.69) is 4.90 Å². The maximum atomic E-state index is 12.9. The zero-order valence-electron chi connectivity index (χ0n) is 19.5. The van der Waals surface area contributed by atoms with Crippen molar-refractivity contribution in [1.29, 1.82) is 0 Å². The topological polar surface area (TPSA) is 52.6 Å². The van der Waals surface area contributed by atoms with Gasteiger partial charge in [0.1, 0.15) is 12.4 Å². The molecule has 0 bridgehead atoms. The lowest BCUT2D eigenvalue weighted by atomic mass is 10.0. The molecular weight excluding hydrogens is 455 g/mol. The zero-order valence-corrected chi connectivity index (χ0v) is 19.5. The van der Waals surface area contributed by atoms with Gasteiger partial charge in [0.2, 0.25) is 0 Å². The molecule has 4 rings (SSSR count). The summed E-state index contributed by atoms with van der Waals surface area (Å²) in [6.07, 6.45) is -0.772. The van der Waals surface area contributed by atoms with Crippen LogP contribution in [0, 0.1) is 12.8 Å². The number of nitrogens with zero attached hydrogens (tertiary/aromatic N) is 1. The fourth-order valence-corrected chi connectivity index (χ4v) is 4.11. The molecule has 0 spiro atoms. The Bertz CT molecular complexity index is 1170. The SMILES string of the molecule is Cc1cc(CN(CCC2CC2)c2cccc(-c3ccc(C(F)(F)F)cc3)c2)ccc1OCC(=O)[O-]. The fourth-order valence-electron chi connectivity index (χ4n) is 4.11. The number of hydrogen-bond donors (Lipinski definition) is 0. The van der Waals surface area contributed by atoms with Gasteiger partial charge in [0.25, 0.3) is 0 Å². The molecule has 1 aliphatic rings. The molecule has 3 aromatic carbocycles. The second-order valence-corrected chi connectivity index (χ2v) is 9.04. The Morgan fingerprint density at radius 2 is 1.77 bits per heavy atom. The number of carboxylic acids is 1. The molecule has 0 atom stereocenters. The molecule has 35 heavy (non-hydrogen) atoms. The number of carbonyl (C=O) groups is 1. The lowest BCUT2D eigenvalue weighted by Crippen LogP contribution is -2.29. The maximum Gasteiger partial charge on any atom is 0.416 e. The van der Waals surface area contributed by atoms with Crippen LogP contribution in [-0.2, 0) is 17.5 Å². The molecule has 3 aromatic rings. The van der Waals surface area contributed by atoms with E-state index >= 15 is 0 Å². The van der Waals surface area contributed by atoms with Crippen LogP contribution in [0.15, 0.2) is 66.7 Å². The molecule has 1 fully saturated rings. The third-order valence-corrected chi connectivity index (χ3v) is 6.22. The van der Waals surface area contributed by atoms with Crippen LogP contribution >= 0.6 is 0 Å². The van der Waals surface area contributed by atoms with Crippen molar-refractivity contribution in [3.8, 4) is 16.9 Å². The second kappa shape index (κ2) is 10.4. The number of rotatable bonds is 10. The molecule has 0 heterocycles. The van der Waals surface area contributed by atoms with Gasteiger partial charge in [-0.3, -0.25) is 0 Å². The lowest BCUT2D eigenvalue weighted by Gasteiger charge is -2.26. The smallest absolute Gasteiger partial charge is 0.416 e. The fraction of sp³-hybridized carbons (Fsp3) is 0.321. The molecule has 0 N–H and O–H groups in total. The Morgan fingerprint density at radius 1 is 1.03 bits per heavy atom. The van der Waals surface area contributed by atoms with Gasteiger partial charge in [0, 0.05) is 18.8 Å². The van der Waals surface area contributed by atoms with Gasteiger partial charge >= 0.3 is 6.18 Å². The Labute approximate surface area is 203 Å². The van der Waals surface area contributed by atoms with Crippen LogP contribution in [0.25, 0.3) is 11.1 Å². The highest BCUT2D eigenvalue weighted by Crippen LogP contribution is 2.35. The Hall–Kier alpha value is -3.48. The Kier molecular flexibility index (Phi) is 7.34. The van der Waals surface area contributed by atoms with Crippen molar-refractivity contribution in [3.63, 3.8) is 0 Å². The summed E-state index contributed by atoms with van der Waals surface area (Å²) in [5, 5.41) is 10.7. The van der Waals surface area contributed by atoms with E-state index in [4.69, 9.17) is 4.74 Å². The molecule has 7 heteroatoms. The van der Waals surface area contributed by atoms with E-state index in [0.717, 1.165) is 59.0 Å². The van der Waals surface area contributed by atoms with Crippen LogP contribution in [0.1, 0.15) is 36.0 Å². The molecule has 0 saturated heterocycles. The highest BCUT2D eigenvalue weighted by molar-refractivity contribution is 5.69. The van der Waals surface area contributed by atoms with Gasteiger partial charge in [0.05, 0.1) is 11.5 Å². The average Bonchev–Trinajstić information content (AvgIpc) is 3.65. The first-order valence-electron chi connectivity index (χ1n) is 11.6. The lowest BCUT2D eigenvalue weighted by molar-refractivity contribution is -0.307. The summed E-state index contributed by atoms with van der Waals surface area (Å²) in [5.74, 6) is -0.0165. The Morgan fingerprint density at radius 3 is 2.40 bits per heavy atom. The van der Waals surface area contributed by atoms with Crippen molar-refractivity contribution in [2.24, 2.45) is 5.92 Å². The highest BCUT2D eigenvalue weighted by atomic mass is 19.4. The summed E-state index contributed by atoms with van der Waals surface area (Å²) in [6, 6.07) is 18.8. The molecule has 4 nitrogen and oxygen atoms in total. The average molecular weight is 483 g/mol. The molecular formula is C28H27F3NO3-. The summed E-state index contributed by atoms with van der Waals surface area (Å²) in [6.45, 7) is 2.88. The number of ether oxygens (including phenoxy) is 1. The zero-order chi connectivity index (χ0) is 25.0. The largest absolute Gasteiger partial charge is 0.546 e. The van der Waals surface area contributed by atoms with Crippen LogP contribution in [0.3, 0.4) is 0 Å². The van der Waals surface area contributed by atoms with Crippen LogP contribution in [0.5, 0.6) is 5.75 Å². The number of anilines is 1. The number of halogens is 3. The van der Waals surface area contributed by atoms with Crippen LogP contribution in [0.2, 0.25) is 0 Å². The predicted octanol–water partition coefficient (Wildman–Crippen LogP) is 5.62. The summed E-state index contributed by atoms with van der Waals surface area (Å²) < 4.78 is 44.1. The van der Waals surface area contributed by atoms with E-state index in [1.807, 2.05) is 43.3 Å². The number of carboxylic acid groups (broad SMARTS) is 1. The standard InChI is InChI=1S/C28H28F3NO3/c1-19-15-21(7-12-26(19)35-18-27(33)34)17-32(14-13-20-5-6-20)25-4-2-3-23(16-25)22-8-10-24(11-9-22)28(29,30)31/h2-4,7-12,15-16,20H,5-6,13-14,17-18H2,1H3,(H,33,34)/p-1. The minimum absolute atomic E-state index is 0.496. The van der Waals surface area contributed by atoms with Gasteiger partial charge in [-0.15, -0.1) is 0 Å². The van der Waals surface area contributed by atoms with Crippen molar-refractivity contribution in [2.45, 2.75) is 38.9 Å². The van der Waals surface area contributed by atoms with Crippen molar-refractivity contribution in [3.05, 3.63) is 83.4 Å². The van der Waals surface area contributed by atoms with Gasteiger partial charge in [-0.2, -0.15) is 13.2 Å². The van der Waals surface area contributed by atoms with Gasteiger partial charge < -0.3 is 19.5 Å².